The van der Waals surface area contributed by atoms with Crippen LogP contribution < -0.4 is 10.5 Å². The lowest BCUT2D eigenvalue weighted by Gasteiger charge is -2.09. The number of rotatable bonds is 7. The number of unbranched alkanes of at least 4 members (excludes halogenated alkanes) is 2. The summed E-state index contributed by atoms with van der Waals surface area (Å²) in [6.45, 7) is 0.856. The third kappa shape index (κ3) is 4.75. The summed E-state index contributed by atoms with van der Waals surface area (Å²) in [5.41, 5.74) is 6.06. The Balaban J connectivity index is 2.46. The van der Waals surface area contributed by atoms with E-state index in [9.17, 15) is 0 Å². The van der Waals surface area contributed by atoms with Crippen molar-refractivity contribution in [1.29, 1.82) is 5.41 Å². The fourth-order valence-electron chi connectivity index (χ4n) is 1.36. The Bertz CT molecular complexity index is 383. The van der Waals surface area contributed by atoms with E-state index in [1.54, 1.807) is 18.2 Å². The average Bonchev–Trinajstić information content (AvgIpc) is 2.30. The molecule has 0 radical (unpaired) electrons. The molecular formula is C12H17BrN2O2. The number of aliphatic hydroxyl groups is 1. The van der Waals surface area contributed by atoms with Gasteiger partial charge in [0.25, 0.3) is 0 Å². The second-order valence-corrected chi connectivity index (χ2v) is 4.55. The molecule has 0 saturated carbocycles. The lowest BCUT2D eigenvalue weighted by Crippen LogP contribution is -2.11. The Morgan fingerprint density at radius 2 is 2.12 bits per heavy atom. The number of nitrogen functional groups attached to an aromatic ring is 1. The third-order valence-electron chi connectivity index (χ3n) is 2.30. The highest BCUT2D eigenvalue weighted by Gasteiger charge is 2.04. The lowest BCUT2D eigenvalue weighted by atomic mass is 10.2. The molecule has 17 heavy (non-hydrogen) atoms. The normalized spacial score (nSPS) is 10.2. The SMILES string of the molecule is N=C(N)c1ccc(OCCCCCO)c(Br)c1. The largest absolute Gasteiger partial charge is 0.492 e. The maximum Gasteiger partial charge on any atom is 0.133 e. The van der Waals surface area contributed by atoms with Gasteiger partial charge in [0.1, 0.15) is 11.6 Å². The van der Waals surface area contributed by atoms with Gasteiger partial charge in [-0.05, 0) is 53.4 Å². The van der Waals surface area contributed by atoms with Crippen LogP contribution in [0.15, 0.2) is 22.7 Å². The van der Waals surface area contributed by atoms with Crippen LogP contribution >= 0.6 is 15.9 Å². The summed E-state index contributed by atoms with van der Waals surface area (Å²) in [4.78, 5) is 0. The molecule has 0 aliphatic carbocycles. The zero-order valence-electron chi connectivity index (χ0n) is 9.58. The molecule has 0 unspecified atom stereocenters. The number of nitrogens with two attached hydrogens (primary N) is 1. The number of aliphatic hydroxyl groups excluding tert-OH is 1. The monoisotopic (exact) mass is 300 g/mol. The van der Waals surface area contributed by atoms with Crippen LogP contribution in [-0.2, 0) is 0 Å². The predicted molar refractivity (Wildman–Crippen MR) is 71.6 cm³/mol. The fourth-order valence-corrected chi connectivity index (χ4v) is 1.85. The molecule has 4 N–H and O–H groups in total. The molecule has 5 heteroatoms. The molecule has 0 saturated heterocycles. The van der Waals surface area contributed by atoms with E-state index in [0.29, 0.717) is 12.2 Å². The number of amidine groups is 1. The summed E-state index contributed by atoms with van der Waals surface area (Å²) >= 11 is 3.38. The number of hydrogen-bond donors (Lipinski definition) is 3. The number of hydrogen-bond acceptors (Lipinski definition) is 3. The first-order valence-electron chi connectivity index (χ1n) is 5.52. The van der Waals surface area contributed by atoms with Gasteiger partial charge in [-0.2, -0.15) is 0 Å². The minimum atomic E-state index is 0.0418. The standard InChI is InChI=1S/C12H17BrN2O2/c13-10-8-9(12(14)15)4-5-11(10)17-7-3-1-2-6-16/h4-5,8,16H,1-3,6-7H2,(H3,14,15). The summed E-state index contributed by atoms with van der Waals surface area (Å²) in [6, 6.07) is 5.33. The lowest BCUT2D eigenvalue weighted by molar-refractivity contribution is 0.265. The summed E-state index contributed by atoms with van der Waals surface area (Å²) < 4.78 is 6.38. The van der Waals surface area contributed by atoms with Gasteiger partial charge in [-0.25, -0.2) is 0 Å². The Hall–Kier alpha value is -1.07. The van der Waals surface area contributed by atoms with Gasteiger partial charge in [0.2, 0.25) is 0 Å². The Kier molecular flexibility index (Phi) is 6.00. The molecule has 0 bridgehead atoms. The second kappa shape index (κ2) is 7.29. The number of nitrogens with one attached hydrogen (secondary N) is 1. The molecule has 0 amide bonds. The molecule has 0 aliphatic rings. The van der Waals surface area contributed by atoms with Gasteiger partial charge in [-0.15, -0.1) is 0 Å². The van der Waals surface area contributed by atoms with Crippen LogP contribution in [0.2, 0.25) is 0 Å². The van der Waals surface area contributed by atoms with E-state index >= 15 is 0 Å². The molecule has 0 aliphatic heterocycles. The van der Waals surface area contributed by atoms with Crippen LogP contribution in [0.25, 0.3) is 0 Å². The number of halogens is 1. The van der Waals surface area contributed by atoms with Crippen molar-refractivity contribution in [2.75, 3.05) is 13.2 Å². The van der Waals surface area contributed by atoms with Gasteiger partial charge in [-0.1, -0.05) is 0 Å². The summed E-state index contributed by atoms with van der Waals surface area (Å²) in [5, 5.41) is 15.9. The first-order chi connectivity index (χ1) is 8.15. The Morgan fingerprint density at radius 1 is 1.35 bits per heavy atom. The van der Waals surface area contributed by atoms with Gasteiger partial charge in [0.05, 0.1) is 11.1 Å². The van der Waals surface area contributed by atoms with Crippen molar-refractivity contribution in [3.63, 3.8) is 0 Å². The minimum absolute atomic E-state index is 0.0418. The topological polar surface area (TPSA) is 79.3 Å². The molecule has 1 aromatic carbocycles. The third-order valence-corrected chi connectivity index (χ3v) is 2.92. The molecule has 0 spiro atoms. The summed E-state index contributed by atoms with van der Waals surface area (Å²) in [5.74, 6) is 0.791. The molecule has 0 fully saturated rings. The van der Waals surface area contributed by atoms with Crippen molar-refractivity contribution in [3.8, 4) is 5.75 Å². The predicted octanol–water partition coefficient (Wildman–Crippen LogP) is 2.27. The molecule has 0 atom stereocenters. The molecule has 94 valence electrons. The van der Waals surface area contributed by atoms with Crippen molar-refractivity contribution in [1.82, 2.24) is 0 Å². The van der Waals surface area contributed by atoms with Gasteiger partial charge < -0.3 is 15.6 Å². The van der Waals surface area contributed by atoms with E-state index in [0.717, 1.165) is 29.5 Å². The molecule has 1 rings (SSSR count). The maximum absolute atomic E-state index is 8.63. The summed E-state index contributed by atoms with van der Waals surface area (Å²) in [7, 11) is 0. The zero-order valence-corrected chi connectivity index (χ0v) is 11.2. The Morgan fingerprint density at radius 3 is 2.71 bits per heavy atom. The zero-order chi connectivity index (χ0) is 12.7. The molecule has 0 heterocycles. The van der Waals surface area contributed by atoms with Crippen LogP contribution in [-0.4, -0.2) is 24.2 Å². The minimum Gasteiger partial charge on any atom is -0.492 e. The van der Waals surface area contributed by atoms with Crippen molar-refractivity contribution in [3.05, 3.63) is 28.2 Å². The van der Waals surface area contributed by atoms with Gasteiger partial charge >= 0.3 is 0 Å². The van der Waals surface area contributed by atoms with Crippen molar-refractivity contribution >= 4 is 21.8 Å². The molecule has 0 aromatic heterocycles. The van der Waals surface area contributed by atoms with E-state index in [1.165, 1.54) is 0 Å². The van der Waals surface area contributed by atoms with Crippen LogP contribution in [0.3, 0.4) is 0 Å². The molecule has 4 nitrogen and oxygen atoms in total. The summed E-state index contributed by atoms with van der Waals surface area (Å²) in [6.07, 6.45) is 2.69. The van der Waals surface area contributed by atoms with E-state index in [4.69, 9.17) is 21.0 Å². The van der Waals surface area contributed by atoms with Crippen molar-refractivity contribution in [2.45, 2.75) is 19.3 Å². The molecule has 1 aromatic rings. The van der Waals surface area contributed by atoms with Gasteiger partial charge in [0.15, 0.2) is 0 Å². The highest BCUT2D eigenvalue weighted by atomic mass is 79.9. The van der Waals surface area contributed by atoms with Crippen LogP contribution in [0.4, 0.5) is 0 Å². The van der Waals surface area contributed by atoms with E-state index in [-0.39, 0.29) is 12.4 Å². The molecular weight excluding hydrogens is 284 g/mol. The quantitative estimate of drug-likeness (QED) is 0.410. The van der Waals surface area contributed by atoms with E-state index in [1.807, 2.05) is 0 Å². The maximum atomic E-state index is 8.63. The number of benzene rings is 1. The van der Waals surface area contributed by atoms with Crippen molar-refractivity contribution in [2.24, 2.45) is 5.73 Å². The number of ether oxygens (including phenoxy) is 1. The van der Waals surface area contributed by atoms with Gasteiger partial charge in [-0.3, -0.25) is 5.41 Å². The highest BCUT2D eigenvalue weighted by molar-refractivity contribution is 9.10. The van der Waals surface area contributed by atoms with Gasteiger partial charge in [0, 0.05) is 12.2 Å². The first kappa shape index (κ1) is 14.0. The Labute approximate surface area is 109 Å². The van der Waals surface area contributed by atoms with E-state index < -0.39 is 0 Å². The first-order valence-corrected chi connectivity index (χ1v) is 6.32. The van der Waals surface area contributed by atoms with E-state index in [2.05, 4.69) is 15.9 Å². The second-order valence-electron chi connectivity index (χ2n) is 3.69. The van der Waals surface area contributed by atoms with Crippen LogP contribution in [0.5, 0.6) is 5.75 Å². The smallest absolute Gasteiger partial charge is 0.133 e. The van der Waals surface area contributed by atoms with Crippen molar-refractivity contribution < 1.29 is 9.84 Å². The van der Waals surface area contributed by atoms with Crippen LogP contribution in [0.1, 0.15) is 24.8 Å². The average molecular weight is 301 g/mol. The highest BCUT2D eigenvalue weighted by Crippen LogP contribution is 2.26. The fraction of sp³-hybridized carbons (Fsp3) is 0.417. The van der Waals surface area contributed by atoms with Crippen LogP contribution in [0, 0.1) is 5.41 Å².